The summed E-state index contributed by atoms with van der Waals surface area (Å²) in [6.45, 7) is 0.519. The van der Waals surface area contributed by atoms with Crippen molar-refractivity contribution < 1.29 is 4.92 Å². The molecule has 7 heteroatoms. The minimum atomic E-state index is -0.447. The van der Waals surface area contributed by atoms with Gasteiger partial charge in [-0.3, -0.25) is 14.8 Å². The monoisotopic (exact) mass is 233 g/mol. The molecule has 2 heterocycles. The van der Waals surface area contributed by atoms with E-state index in [2.05, 4.69) is 15.4 Å². The fourth-order valence-electron chi connectivity index (χ4n) is 1.39. The van der Waals surface area contributed by atoms with Crippen LogP contribution in [0.25, 0.3) is 0 Å². The molecule has 0 saturated heterocycles. The van der Waals surface area contributed by atoms with Gasteiger partial charge in [-0.2, -0.15) is 5.10 Å². The molecule has 0 aliphatic carbocycles. The molecule has 0 amide bonds. The van der Waals surface area contributed by atoms with E-state index < -0.39 is 4.92 Å². The van der Waals surface area contributed by atoms with Gasteiger partial charge < -0.3 is 5.32 Å². The van der Waals surface area contributed by atoms with Crippen molar-refractivity contribution in [2.24, 2.45) is 7.05 Å². The van der Waals surface area contributed by atoms with E-state index in [-0.39, 0.29) is 5.69 Å². The zero-order valence-electron chi connectivity index (χ0n) is 9.20. The van der Waals surface area contributed by atoms with E-state index >= 15 is 0 Å². The largest absolute Gasteiger partial charge is 0.364 e. The van der Waals surface area contributed by atoms with Gasteiger partial charge in [-0.25, -0.2) is 4.98 Å². The van der Waals surface area contributed by atoms with Crippen molar-refractivity contribution in [2.75, 3.05) is 5.32 Å². The summed E-state index contributed by atoms with van der Waals surface area (Å²) in [5, 5.41) is 17.6. The topological polar surface area (TPSA) is 85.9 Å². The number of nitrogens with one attached hydrogen (secondary N) is 1. The van der Waals surface area contributed by atoms with Crippen molar-refractivity contribution in [3.8, 4) is 0 Å². The molecule has 0 fully saturated rings. The second-order valence-corrected chi connectivity index (χ2v) is 3.46. The van der Waals surface area contributed by atoms with Crippen LogP contribution in [-0.4, -0.2) is 19.7 Å². The predicted octanol–water partition coefficient (Wildman–Crippen LogP) is 1.34. The van der Waals surface area contributed by atoms with Crippen LogP contribution in [0.15, 0.2) is 30.6 Å². The fourth-order valence-corrected chi connectivity index (χ4v) is 1.39. The molecule has 1 N–H and O–H groups in total. The molecule has 0 radical (unpaired) electrons. The van der Waals surface area contributed by atoms with Crippen LogP contribution in [0.4, 0.5) is 11.5 Å². The predicted molar refractivity (Wildman–Crippen MR) is 61.4 cm³/mol. The highest BCUT2D eigenvalue weighted by Crippen LogP contribution is 2.14. The lowest BCUT2D eigenvalue weighted by molar-refractivity contribution is -0.384. The maximum Gasteiger partial charge on any atom is 0.274 e. The van der Waals surface area contributed by atoms with E-state index in [9.17, 15) is 10.1 Å². The number of aryl methyl sites for hydroxylation is 1. The van der Waals surface area contributed by atoms with E-state index in [1.807, 2.05) is 13.1 Å². The maximum atomic E-state index is 10.6. The summed E-state index contributed by atoms with van der Waals surface area (Å²) < 4.78 is 1.73. The zero-order valence-corrected chi connectivity index (χ0v) is 9.20. The first kappa shape index (κ1) is 11.1. The number of aromatic nitrogens is 3. The van der Waals surface area contributed by atoms with Crippen molar-refractivity contribution in [3.63, 3.8) is 0 Å². The summed E-state index contributed by atoms with van der Waals surface area (Å²) in [5.74, 6) is 0.473. The molecule has 0 unspecified atom stereocenters. The molecule has 2 aromatic heterocycles. The summed E-state index contributed by atoms with van der Waals surface area (Å²) in [6, 6.07) is 4.62. The molecule has 7 nitrogen and oxygen atoms in total. The molecule has 0 aliphatic heterocycles. The molecule has 0 atom stereocenters. The summed E-state index contributed by atoms with van der Waals surface area (Å²) in [7, 11) is 1.83. The smallest absolute Gasteiger partial charge is 0.274 e. The Morgan fingerprint density at radius 3 is 2.94 bits per heavy atom. The third-order valence-corrected chi connectivity index (χ3v) is 2.33. The fraction of sp³-hybridized carbons (Fsp3) is 0.200. The molecule has 17 heavy (non-hydrogen) atoms. The summed E-state index contributed by atoms with van der Waals surface area (Å²) in [4.78, 5) is 14.1. The Morgan fingerprint density at radius 2 is 2.29 bits per heavy atom. The van der Waals surface area contributed by atoms with Gasteiger partial charge in [0.1, 0.15) is 5.82 Å². The Balaban J connectivity index is 2.07. The van der Waals surface area contributed by atoms with E-state index in [4.69, 9.17) is 0 Å². The Bertz CT molecular complexity index is 537. The molecule has 0 aromatic carbocycles. The van der Waals surface area contributed by atoms with Gasteiger partial charge >= 0.3 is 0 Å². The van der Waals surface area contributed by atoms with Gasteiger partial charge in [0, 0.05) is 25.5 Å². The van der Waals surface area contributed by atoms with Crippen LogP contribution in [-0.2, 0) is 13.6 Å². The highest BCUT2D eigenvalue weighted by Gasteiger charge is 2.06. The standard InChI is InChI=1S/C10H11N5O2/c1-14-9(3-5-13-14)7-12-10-6-8(15(16)17)2-4-11-10/h2-6H,7H2,1H3,(H,11,12). The quantitative estimate of drug-likeness (QED) is 0.636. The average molecular weight is 233 g/mol. The Morgan fingerprint density at radius 1 is 1.47 bits per heavy atom. The maximum absolute atomic E-state index is 10.6. The lowest BCUT2D eigenvalue weighted by Crippen LogP contribution is -2.06. The summed E-state index contributed by atoms with van der Waals surface area (Å²) in [6.07, 6.45) is 3.10. The number of nitro groups is 1. The van der Waals surface area contributed by atoms with Crippen molar-refractivity contribution in [3.05, 3.63) is 46.4 Å². The Hall–Kier alpha value is -2.44. The van der Waals surface area contributed by atoms with Crippen LogP contribution in [0.1, 0.15) is 5.69 Å². The second-order valence-electron chi connectivity index (χ2n) is 3.46. The first-order valence-electron chi connectivity index (χ1n) is 4.98. The lowest BCUT2D eigenvalue weighted by Gasteiger charge is -2.05. The second kappa shape index (κ2) is 4.60. The van der Waals surface area contributed by atoms with Gasteiger partial charge in [-0.15, -0.1) is 0 Å². The van der Waals surface area contributed by atoms with Crippen LogP contribution < -0.4 is 5.32 Å². The highest BCUT2D eigenvalue weighted by molar-refractivity contribution is 5.44. The number of anilines is 1. The van der Waals surface area contributed by atoms with Crippen LogP contribution in [0.5, 0.6) is 0 Å². The van der Waals surface area contributed by atoms with E-state index in [0.717, 1.165) is 5.69 Å². The van der Waals surface area contributed by atoms with Crippen LogP contribution in [0, 0.1) is 10.1 Å². The minimum Gasteiger partial charge on any atom is -0.364 e. The molecule has 0 spiro atoms. The molecular weight excluding hydrogens is 222 g/mol. The third kappa shape index (κ3) is 2.57. The third-order valence-electron chi connectivity index (χ3n) is 2.33. The first-order chi connectivity index (χ1) is 8.16. The van der Waals surface area contributed by atoms with Crippen molar-refractivity contribution in [2.45, 2.75) is 6.54 Å². The van der Waals surface area contributed by atoms with Crippen molar-refractivity contribution in [1.29, 1.82) is 0 Å². The first-order valence-corrected chi connectivity index (χ1v) is 4.98. The van der Waals surface area contributed by atoms with Gasteiger partial charge in [-0.1, -0.05) is 0 Å². The van der Waals surface area contributed by atoms with Gasteiger partial charge in [0.2, 0.25) is 0 Å². The van der Waals surface area contributed by atoms with Gasteiger partial charge in [0.25, 0.3) is 5.69 Å². The average Bonchev–Trinajstić information content (AvgIpc) is 2.72. The summed E-state index contributed by atoms with van der Waals surface area (Å²) in [5.41, 5.74) is 0.991. The molecule has 0 saturated carbocycles. The van der Waals surface area contributed by atoms with Gasteiger partial charge in [0.15, 0.2) is 0 Å². The highest BCUT2D eigenvalue weighted by atomic mass is 16.6. The summed E-state index contributed by atoms with van der Waals surface area (Å²) >= 11 is 0. The Labute approximate surface area is 97.2 Å². The molecular formula is C10H11N5O2. The molecule has 88 valence electrons. The van der Waals surface area contributed by atoms with E-state index in [0.29, 0.717) is 12.4 Å². The number of pyridine rings is 1. The molecule has 0 bridgehead atoms. The van der Waals surface area contributed by atoms with Crippen molar-refractivity contribution in [1.82, 2.24) is 14.8 Å². The molecule has 2 rings (SSSR count). The number of rotatable bonds is 4. The number of hydrogen-bond acceptors (Lipinski definition) is 5. The van der Waals surface area contributed by atoms with E-state index in [1.54, 1.807) is 10.9 Å². The van der Waals surface area contributed by atoms with Gasteiger partial charge in [0.05, 0.1) is 23.2 Å². The van der Waals surface area contributed by atoms with E-state index in [1.165, 1.54) is 18.3 Å². The minimum absolute atomic E-state index is 0.0208. The lowest BCUT2D eigenvalue weighted by atomic mass is 10.3. The number of nitrogens with zero attached hydrogens (tertiary/aromatic N) is 4. The zero-order chi connectivity index (χ0) is 12.3. The van der Waals surface area contributed by atoms with Crippen molar-refractivity contribution >= 4 is 11.5 Å². The normalized spacial score (nSPS) is 10.2. The van der Waals surface area contributed by atoms with Crippen LogP contribution in [0.3, 0.4) is 0 Å². The van der Waals surface area contributed by atoms with Crippen LogP contribution in [0.2, 0.25) is 0 Å². The SMILES string of the molecule is Cn1nccc1CNc1cc([N+](=O)[O-])ccn1. The molecule has 2 aromatic rings. The van der Waals surface area contributed by atoms with Crippen LogP contribution >= 0.6 is 0 Å². The Kier molecular flexibility index (Phi) is 2.99. The van der Waals surface area contributed by atoms with Gasteiger partial charge in [-0.05, 0) is 6.07 Å². The number of hydrogen-bond donors (Lipinski definition) is 1. The molecule has 0 aliphatic rings.